The third-order valence-corrected chi connectivity index (χ3v) is 3.34. The molecule has 0 spiro atoms. The number of aromatic nitrogens is 1. The number of hydrogen-bond acceptors (Lipinski definition) is 4. The number of pyridine rings is 1. The third-order valence-electron chi connectivity index (χ3n) is 3.34. The summed E-state index contributed by atoms with van der Waals surface area (Å²) in [6, 6.07) is 10.0. The summed E-state index contributed by atoms with van der Waals surface area (Å²) in [6.07, 6.45) is 5.63. The molecular weight excluding hydrogens is 264 g/mol. The summed E-state index contributed by atoms with van der Waals surface area (Å²) in [5.74, 6) is 0.848. The average Bonchev–Trinajstić information content (AvgIpc) is 2.55. The van der Waals surface area contributed by atoms with Crippen LogP contribution in [0.1, 0.15) is 23.1 Å². The number of nitrogens with two attached hydrogens (primary N) is 1. The van der Waals surface area contributed by atoms with Crippen molar-refractivity contribution in [3.05, 3.63) is 59.4 Å². The summed E-state index contributed by atoms with van der Waals surface area (Å²) >= 11 is 0. The lowest BCUT2D eigenvalue weighted by Gasteiger charge is -2.11. The molecule has 0 aliphatic heterocycles. The van der Waals surface area contributed by atoms with Crippen LogP contribution in [-0.2, 0) is 24.3 Å². The predicted molar refractivity (Wildman–Crippen MR) is 83.1 cm³/mol. The van der Waals surface area contributed by atoms with Crippen molar-refractivity contribution in [2.45, 2.75) is 26.0 Å². The summed E-state index contributed by atoms with van der Waals surface area (Å²) in [7, 11) is 1.67. The van der Waals surface area contributed by atoms with Gasteiger partial charge in [-0.15, -0.1) is 0 Å². The summed E-state index contributed by atoms with van der Waals surface area (Å²) in [5.41, 5.74) is 9.09. The van der Waals surface area contributed by atoms with Crippen molar-refractivity contribution in [2.24, 2.45) is 5.73 Å². The van der Waals surface area contributed by atoms with Crippen LogP contribution in [0.2, 0.25) is 0 Å². The van der Waals surface area contributed by atoms with E-state index in [1.54, 1.807) is 7.11 Å². The monoisotopic (exact) mass is 286 g/mol. The van der Waals surface area contributed by atoms with Gasteiger partial charge in [0.1, 0.15) is 5.75 Å². The van der Waals surface area contributed by atoms with Crippen LogP contribution in [-0.4, -0.2) is 18.7 Å². The molecule has 21 heavy (non-hydrogen) atoms. The zero-order valence-corrected chi connectivity index (χ0v) is 12.4. The molecule has 2 aromatic rings. The van der Waals surface area contributed by atoms with Crippen LogP contribution in [0.15, 0.2) is 42.7 Å². The van der Waals surface area contributed by atoms with E-state index in [-0.39, 0.29) is 0 Å². The van der Waals surface area contributed by atoms with Crippen LogP contribution in [0, 0.1) is 0 Å². The second-order valence-electron chi connectivity index (χ2n) is 4.86. The quantitative estimate of drug-likeness (QED) is 0.758. The van der Waals surface area contributed by atoms with Gasteiger partial charge in [-0.05, 0) is 48.2 Å². The van der Waals surface area contributed by atoms with Crippen molar-refractivity contribution in [3.8, 4) is 5.75 Å². The van der Waals surface area contributed by atoms with Crippen molar-refractivity contribution in [1.82, 2.24) is 4.98 Å². The molecule has 0 radical (unpaired) electrons. The minimum atomic E-state index is 0.527. The zero-order chi connectivity index (χ0) is 14.9. The smallest absolute Gasteiger partial charge is 0.124 e. The molecular formula is C17H22N2O2. The fraction of sp³-hybridized carbons (Fsp3) is 0.353. The van der Waals surface area contributed by atoms with E-state index < -0.39 is 0 Å². The number of rotatable bonds is 8. The summed E-state index contributed by atoms with van der Waals surface area (Å²) in [5, 5.41) is 0. The second-order valence-corrected chi connectivity index (χ2v) is 4.86. The maximum absolute atomic E-state index is 5.75. The molecule has 0 unspecified atom stereocenters. The molecule has 1 heterocycles. The van der Waals surface area contributed by atoms with Gasteiger partial charge in [-0.2, -0.15) is 0 Å². The molecule has 1 aromatic carbocycles. The fourth-order valence-corrected chi connectivity index (χ4v) is 2.18. The van der Waals surface area contributed by atoms with Crippen molar-refractivity contribution >= 4 is 0 Å². The number of methoxy groups -OCH3 is 1. The summed E-state index contributed by atoms with van der Waals surface area (Å²) in [6.45, 7) is 1.80. The first-order chi connectivity index (χ1) is 10.3. The van der Waals surface area contributed by atoms with Gasteiger partial charge in [0.15, 0.2) is 0 Å². The molecule has 4 heteroatoms. The van der Waals surface area contributed by atoms with Crippen LogP contribution < -0.4 is 10.5 Å². The maximum Gasteiger partial charge on any atom is 0.124 e. The van der Waals surface area contributed by atoms with Gasteiger partial charge in [0.2, 0.25) is 0 Å². The highest BCUT2D eigenvalue weighted by molar-refractivity contribution is 5.36. The number of aryl methyl sites for hydroxylation is 1. The lowest BCUT2D eigenvalue weighted by atomic mass is 10.1. The van der Waals surface area contributed by atoms with Gasteiger partial charge >= 0.3 is 0 Å². The first-order valence-electron chi connectivity index (χ1n) is 7.16. The van der Waals surface area contributed by atoms with Gasteiger partial charge in [0, 0.05) is 31.1 Å². The molecule has 2 rings (SSSR count). The Hall–Kier alpha value is -1.91. The Morgan fingerprint density at radius 3 is 2.62 bits per heavy atom. The molecule has 1 aromatic heterocycles. The molecule has 112 valence electrons. The summed E-state index contributed by atoms with van der Waals surface area (Å²) < 4.78 is 11.1. The number of hydrogen-bond donors (Lipinski definition) is 1. The van der Waals surface area contributed by atoms with Gasteiger partial charge in [0.05, 0.1) is 13.7 Å². The highest BCUT2D eigenvalue weighted by Gasteiger charge is 2.04. The topological polar surface area (TPSA) is 57.4 Å². The maximum atomic E-state index is 5.75. The zero-order valence-electron chi connectivity index (χ0n) is 12.4. The predicted octanol–water partition coefficient (Wildman–Crippen LogP) is 2.70. The Morgan fingerprint density at radius 1 is 1.10 bits per heavy atom. The van der Waals surface area contributed by atoms with Gasteiger partial charge in [-0.3, -0.25) is 4.98 Å². The number of benzene rings is 1. The van der Waals surface area contributed by atoms with Gasteiger partial charge in [0.25, 0.3) is 0 Å². The number of nitrogens with zero attached hydrogens (tertiary/aromatic N) is 1. The third kappa shape index (κ3) is 4.85. The minimum absolute atomic E-state index is 0.527. The molecule has 0 fully saturated rings. The van der Waals surface area contributed by atoms with Gasteiger partial charge < -0.3 is 15.2 Å². The minimum Gasteiger partial charge on any atom is -0.496 e. The molecule has 0 amide bonds. The van der Waals surface area contributed by atoms with Gasteiger partial charge in [-0.1, -0.05) is 6.07 Å². The SMILES string of the molecule is COc1ccc(CN)cc1COCCCc1ccncc1. The lowest BCUT2D eigenvalue weighted by molar-refractivity contribution is 0.117. The van der Waals surface area contributed by atoms with Crippen molar-refractivity contribution in [1.29, 1.82) is 0 Å². The van der Waals surface area contributed by atoms with Crippen LogP contribution in [0.5, 0.6) is 5.75 Å². The standard InChI is InChI=1S/C17H22N2O2/c1-20-17-5-4-15(12-18)11-16(17)13-21-10-2-3-14-6-8-19-9-7-14/h4-9,11H,2-3,10,12-13,18H2,1H3. The normalized spacial score (nSPS) is 10.6. The number of ether oxygens (including phenoxy) is 2. The Labute approximate surface area is 125 Å². The average molecular weight is 286 g/mol. The highest BCUT2D eigenvalue weighted by atomic mass is 16.5. The first kappa shape index (κ1) is 15.5. The molecule has 4 nitrogen and oxygen atoms in total. The van der Waals surface area contributed by atoms with E-state index >= 15 is 0 Å². The molecule has 0 aliphatic rings. The van der Waals surface area contributed by atoms with E-state index in [9.17, 15) is 0 Å². The Morgan fingerprint density at radius 2 is 1.90 bits per heavy atom. The van der Waals surface area contributed by atoms with E-state index in [1.807, 2.05) is 42.7 Å². The highest BCUT2D eigenvalue weighted by Crippen LogP contribution is 2.20. The molecule has 0 atom stereocenters. The second kappa shape index (κ2) is 8.39. The van der Waals surface area contributed by atoms with E-state index in [4.69, 9.17) is 15.2 Å². The van der Waals surface area contributed by atoms with Crippen molar-refractivity contribution in [2.75, 3.05) is 13.7 Å². The van der Waals surface area contributed by atoms with Crippen LogP contribution >= 0.6 is 0 Å². The molecule has 2 N–H and O–H groups in total. The molecule has 0 saturated carbocycles. The Kier molecular flexibility index (Phi) is 6.19. The van der Waals surface area contributed by atoms with Crippen LogP contribution in [0.3, 0.4) is 0 Å². The van der Waals surface area contributed by atoms with Crippen LogP contribution in [0.25, 0.3) is 0 Å². The van der Waals surface area contributed by atoms with E-state index in [0.717, 1.165) is 36.3 Å². The molecule has 0 saturated heterocycles. The lowest BCUT2D eigenvalue weighted by Crippen LogP contribution is -2.02. The van der Waals surface area contributed by atoms with Crippen molar-refractivity contribution < 1.29 is 9.47 Å². The molecule has 0 aliphatic carbocycles. The Bertz CT molecular complexity index is 544. The van der Waals surface area contributed by atoms with Gasteiger partial charge in [-0.25, -0.2) is 0 Å². The largest absolute Gasteiger partial charge is 0.496 e. The first-order valence-corrected chi connectivity index (χ1v) is 7.16. The van der Waals surface area contributed by atoms with E-state index in [0.29, 0.717) is 13.2 Å². The van der Waals surface area contributed by atoms with Crippen molar-refractivity contribution in [3.63, 3.8) is 0 Å². The molecule has 0 bridgehead atoms. The van der Waals surface area contributed by atoms with Crippen LogP contribution in [0.4, 0.5) is 0 Å². The Balaban J connectivity index is 1.78. The van der Waals surface area contributed by atoms with E-state index in [2.05, 4.69) is 4.98 Å². The fourth-order valence-electron chi connectivity index (χ4n) is 2.18. The van der Waals surface area contributed by atoms with E-state index in [1.165, 1.54) is 5.56 Å². The summed E-state index contributed by atoms with van der Waals surface area (Å²) in [4.78, 5) is 4.01.